The Morgan fingerprint density at radius 3 is 2.58 bits per heavy atom. The molecule has 5 rings (SSSR count). The summed E-state index contributed by atoms with van der Waals surface area (Å²) in [5, 5.41) is 11.9. The monoisotopic (exact) mass is 587 g/mol. The van der Waals surface area contributed by atoms with Crippen molar-refractivity contribution in [1.29, 1.82) is 5.26 Å². The van der Waals surface area contributed by atoms with Crippen LogP contribution in [0.4, 0.5) is 16.0 Å². The molecule has 0 radical (unpaired) electrons. The number of aromatic amines is 1. The zero-order valence-corrected chi connectivity index (χ0v) is 23.1. The van der Waals surface area contributed by atoms with E-state index in [1.807, 2.05) is 6.07 Å². The van der Waals surface area contributed by atoms with Crippen LogP contribution < -0.4 is 15.8 Å². The third-order valence-corrected chi connectivity index (χ3v) is 6.64. The van der Waals surface area contributed by atoms with Crippen molar-refractivity contribution in [3.05, 3.63) is 72.4 Å². The summed E-state index contributed by atoms with van der Waals surface area (Å²) in [5.41, 5.74) is 6.58. The van der Waals surface area contributed by atoms with Crippen LogP contribution in [-0.4, -0.2) is 58.7 Å². The first kappa shape index (κ1) is 29.1. The summed E-state index contributed by atoms with van der Waals surface area (Å²) in [6.45, 7) is 0.396. The van der Waals surface area contributed by atoms with Gasteiger partial charge < -0.3 is 35.0 Å². The maximum Gasteiger partial charge on any atom is 0.317 e. The van der Waals surface area contributed by atoms with Crippen LogP contribution in [0.25, 0.3) is 22.6 Å². The summed E-state index contributed by atoms with van der Waals surface area (Å²) in [4.78, 5) is 41.9. The van der Waals surface area contributed by atoms with Gasteiger partial charge in [0, 0.05) is 23.5 Å². The molecule has 43 heavy (non-hydrogen) atoms. The number of nitriles is 1. The lowest BCUT2D eigenvalue weighted by Crippen LogP contribution is -2.56. The molecule has 1 aliphatic rings. The number of amides is 1. The Labute approximate surface area is 244 Å². The molecule has 2 aromatic carbocycles. The first-order valence-corrected chi connectivity index (χ1v) is 12.9. The minimum absolute atomic E-state index is 0.123. The first-order valence-electron chi connectivity index (χ1n) is 12.9. The van der Waals surface area contributed by atoms with E-state index >= 15 is 0 Å². The van der Waals surface area contributed by atoms with Gasteiger partial charge in [-0.15, -0.1) is 0 Å². The number of rotatable bonds is 9. The topological polar surface area (TPSA) is 187 Å². The van der Waals surface area contributed by atoms with Crippen molar-refractivity contribution in [3.63, 3.8) is 0 Å². The number of imidazole rings is 1. The molecule has 1 fully saturated rings. The van der Waals surface area contributed by atoms with Crippen LogP contribution in [0.5, 0.6) is 5.75 Å². The van der Waals surface area contributed by atoms with Gasteiger partial charge in [0.2, 0.25) is 5.95 Å². The second-order valence-electron chi connectivity index (χ2n) is 9.79. The molecule has 0 bridgehead atoms. The molecule has 1 aliphatic heterocycles. The SMILES string of the molecule is COc1cccc(Nc2nccc(-c3[nH]c(C4(C(N)=O)OCC(C)(C(=O)OCC#N)CO4)nc3-c3ccc(F)cc3)n2)c1. The fourth-order valence-electron chi connectivity index (χ4n) is 4.31. The van der Waals surface area contributed by atoms with E-state index in [9.17, 15) is 14.0 Å². The Balaban J connectivity index is 1.54. The molecule has 4 aromatic rings. The summed E-state index contributed by atoms with van der Waals surface area (Å²) < 4.78 is 35.6. The molecule has 13 nitrogen and oxygen atoms in total. The van der Waals surface area contributed by atoms with Crippen molar-refractivity contribution >= 4 is 23.5 Å². The van der Waals surface area contributed by atoms with Crippen molar-refractivity contribution in [3.8, 4) is 34.5 Å². The van der Waals surface area contributed by atoms with Crippen molar-refractivity contribution in [2.45, 2.75) is 12.7 Å². The van der Waals surface area contributed by atoms with E-state index < -0.39 is 35.5 Å². The summed E-state index contributed by atoms with van der Waals surface area (Å²) in [6, 6.07) is 16.1. The lowest BCUT2D eigenvalue weighted by atomic mass is 9.91. The Morgan fingerprint density at radius 2 is 1.91 bits per heavy atom. The average Bonchev–Trinajstić information content (AvgIpc) is 3.47. The lowest BCUT2D eigenvalue weighted by molar-refractivity contribution is -0.293. The third-order valence-electron chi connectivity index (χ3n) is 6.64. The summed E-state index contributed by atoms with van der Waals surface area (Å²) in [7, 11) is 1.56. The van der Waals surface area contributed by atoms with E-state index in [2.05, 4.69) is 25.3 Å². The van der Waals surface area contributed by atoms with Crippen LogP contribution in [0.15, 0.2) is 60.8 Å². The highest BCUT2D eigenvalue weighted by Crippen LogP contribution is 2.39. The van der Waals surface area contributed by atoms with Gasteiger partial charge in [-0.1, -0.05) is 6.07 Å². The third kappa shape index (κ3) is 5.85. The number of H-pyrrole nitrogens is 1. The zero-order chi connectivity index (χ0) is 30.6. The van der Waals surface area contributed by atoms with Crippen LogP contribution in [0.3, 0.4) is 0 Å². The molecular formula is C29H26FN7O6. The molecule has 0 saturated carbocycles. The molecule has 220 valence electrons. The Morgan fingerprint density at radius 1 is 1.16 bits per heavy atom. The quantitative estimate of drug-likeness (QED) is 0.244. The zero-order valence-electron chi connectivity index (χ0n) is 23.1. The maximum atomic E-state index is 13.8. The standard InChI is InChI=1S/C29H26FN7O6/c1-28(26(39)41-13-11-31)15-42-29(24(32)38,43-16-28)25-36-22(17-6-8-18(30)9-7-17)23(37-25)21-10-12-33-27(35-21)34-19-4-3-5-20(14-19)40-2/h3-10,12,14H,13,15-16H2,1-2H3,(H2,32,38)(H,36,37)(H,33,34,35). The Bertz CT molecular complexity index is 1690. The number of carbonyl (C=O) groups is 2. The number of halogens is 1. The predicted molar refractivity (Wildman–Crippen MR) is 149 cm³/mol. The van der Waals surface area contributed by atoms with Crippen LogP contribution in [0.2, 0.25) is 0 Å². The van der Waals surface area contributed by atoms with Crippen LogP contribution in [-0.2, 0) is 29.6 Å². The van der Waals surface area contributed by atoms with E-state index in [4.69, 9.17) is 29.9 Å². The molecule has 14 heteroatoms. The van der Waals surface area contributed by atoms with Gasteiger partial charge in [0.1, 0.15) is 23.1 Å². The molecule has 3 heterocycles. The number of anilines is 2. The number of methoxy groups -OCH3 is 1. The number of aromatic nitrogens is 4. The van der Waals surface area contributed by atoms with E-state index in [1.54, 1.807) is 37.4 Å². The summed E-state index contributed by atoms with van der Waals surface area (Å²) in [5.74, 6) is -3.68. The number of hydrogen-bond donors (Lipinski definition) is 3. The number of hydrogen-bond acceptors (Lipinski definition) is 11. The summed E-state index contributed by atoms with van der Waals surface area (Å²) in [6.07, 6.45) is 1.52. The van der Waals surface area contributed by atoms with E-state index in [0.717, 1.165) is 0 Å². The van der Waals surface area contributed by atoms with E-state index in [0.29, 0.717) is 28.4 Å². The number of esters is 1. The largest absolute Gasteiger partial charge is 0.497 e. The summed E-state index contributed by atoms with van der Waals surface area (Å²) >= 11 is 0. The molecule has 0 unspecified atom stereocenters. The fourth-order valence-corrected chi connectivity index (χ4v) is 4.31. The van der Waals surface area contributed by atoms with Crippen molar-refractivity contribution in [2.75, 3.05) is 32.2 Å². The molecule has 1 saturated heterocycles. The van der Waals surface area contributed by atoms with Gasteiger partial charge in [-0.05, 0) is 49.4 Å². The Kier molecular flexibility index (Phi) is 8.02. The van der Waals surface area contributed by atoms with E-state index in [-0.39, 0.29) is 30.7 Å². The first-order chi connectivity index (χ1) is 20.7. The lowest BCUT2D eigenvalue weighted by Gasteiger charge is -2.40. The number of benzene rings is 2. The van der Waals surface area contributed by atoms with Crippen LogP contribution in [0.1, 0.15) is 12.7 Å². The predicted octanol–water partition coefficient (Wildman–Crippen LogP) is 3.18. The molecule has 0 spiro atoms. The van der Waals surface area contributed by atoms with Gasteiger partial charge in [-0.3, -0.25) is 9.59 Å². The number of ether oxygens (including phenoxy) is 4. The molecule has 0 aliphatic carbocycles. The van der Waals surface area contributed by atoms with Crippen molar-refractivity contribution in [1.82, 2.24) is 19.9 Å². The fraction of sp³-hybridized carbons (Fsp3) is 0.241. The van der Waals surface area contributed by atoms with E-state index in [1.165, 1.54) is 37.4 Å². The van der Waals surface area contributed by atoms with Gasteiger partial charge in [0.25, 0.3) is 5.91 Å². The van der Waals surface area contributed by atoms with Crippen molar-refractivity contribution < 1.29 is 32.9 Å². The van der Waals surface area contributed by atoms with Gasteiger partial charge in [-0.25, -0.2) is 19.3 Å². The second-order valence-corrected chi connectivity index (χ2v) is 9.79. The second kappa shape index (κ2) is 11.8. The van der Waals surface area contributed by atoms with Crippen molar-refractivity contribution in [2.24, 2.45) is 11.1 Å². The molecule has 4 N–H and O–H groups in total. The van der Waals surface area contributed by atoms with Crippen LogP contribution in [0, 0.1) is 22.6 Å². The van der Waals surface area contributed by atoms with Gasteiger partial charge >= 0.3 is 11.8 Å². The highest BCUT2D eigenvalue weighted by molar-refractivity contribution is 5.85. The van der Waals surface area contributed by atoms with Crippen LogP contribution >= 0.6 is 0 Å². The normalized spacial score (nSPS) is 19.7. The Hall–Kier alpha value is -5.39. The highest BCUT2D eigenvalue weighted by Gasteiger charge is 2.54. The number of nitrogens with one attached hydrogen (secondary N) is 2. The molecular weight excluding hydrogens is 561 g/mol. The smallest absolute Gasteiger partial charge is 0.317 e. The molecule has 2 aromatic heterocycles. The van der Waals surface area contributed by atoms with Gasteiger partial charge in [0.15, 0.2) is 12.4 Å². The highest BCUT2D eigenvalue weighted by atomic mass is 19.1. The minimum Gasteiger partial charge on any atom is -0.497 e. The van der Waals surface area contributed by atoms with Gasteiger partial charge in [0.05, 0.1) is 37.4 Å². The number of carbonyl (C=O) groups excluding carboxylic acids is 2. The minimum atomic E-state index is -2.21. The number of primary amides is 1. The van der Waals surface area contributed by atoms with Gasteiger partial charge in [-0.2, -0.15) is 5.26 Å². The average molecular weight is 588 g/mol. The molecule has 0 atom stereocenters. The maximum absolute atomic E-state index is 13.8. The molecule has 1 amide bonds. The number of nitrogens with two attached hydrogens (primary N) is 1. The number of nitrogens with zero attached hydrogens (tertiary/aromatic N) is 4.